The van der Waals surface area contributed by atoms with E-state index in [0.29, 0.717) is 30.1 Å². The molecule has 2 atom stereocenters. The molecular formula is C14H21Cl2N3O. The number of nitrogens with zero attached hydrogens (tertiary/aromatic N) is 1. The maximum Gasteiger partial charge on any atom is 0.238 e. The first-order valence-corrected chi connectivity index (χ1v) is 6.96. The summed E-state index contributed by atoms with van der Waals surface area (Å²) in [6.45, 7) is 4.16. The molecule has 1 aromatic rings. The Bertz CT molecular complexity index is 439. The van der Waals surface area contributed by atoms with Gasteiger partial charge in [0.25, 0.3) is 0 Å². The monoisotopic (exact) mass is 317 g/mol. The Morgan fingerprint density at radius 1 is 1.45 bits per heavy atom. The number of nitrogens with two attached hydrogens (primary N) is 1. The van der Waals surface area contributed by atoms with Gasteiger partial charge in [-0.2, -0.15) is 0 Å². The highest BCUT2D eigenvalue weighted by Gasteiger charge is 2.29. The van der Waals surface area contributed by atoms with Crippen molar-refractivity contribution < 1.29 is 4.79 Å². The van der Waals surface area contributed by atoms with Crippen molar-refractivity contribution in [2.24, 2.45) is 11.7 Å². The van der Waals surface area contributed by atoms with Crippen molar-refractivity contribution >= 4 is 35.6 Å². The van der Waals surface area contributed by atoms with E-state index in [9.17, 15) is 4.79 Å². The van der Waals surface area contributed by atoms with Gasteiger partial charge in [-0.3, -0.25) is 9.69 Å². The highest BCUT2D eigenvalue weighted by molar-refractivity contribution is 6.30. The van der Waals surface area contributed by atoms with E-state index < -0.39 is 0 Å². The van der Waals surface area contributed by atoms with E-state index in [4.69, 9.17) is 17.3 Å². The molecule has 2 unspecified atom stereocenters. The fraction of sp³-hybridized carbons (Fsp3) is 0.500. The zero-order valence-electron chi connectivity index (χ0n) is 11.5. The molecule has 4 nitrogen and oxygen atoms in total. The molecule has 1 saturated heterocycles. The second kappa shape index (κ2) is 7.84. The number of benzene rings is 1. The minimum Gasteiger partial charge on any atom is -0.330 e. The van der Waals surface area contributed by atoms with Gasteiger partial charge >= 0.3 is 0 Å². The number of hydrogen-bond donors (Lipinski definition) is 2. The van der Waals surface area contributed by atoms with Crippen LogP contribution in [-0.2, 0) is 4.79 Å². The van der Waals surface area contributed by atoms with E-state index in [2.05, 4.69) is 17.1 Å². The predicted molar refractivity (Wildman–Crippen MR) is 85.5 cm³/mol. The van der Waals surface area contributed by atoms with Crippen molar-refractivity contribution in [2.75, 3.05) is 25.0 Å². The molecular weight excluding hydrogens is 297 g/mol. The average molecular weight is 318 g/mol. The topological polar surface area (TPSA) is 58.4 Å². The molecule has 3 N–H and O–H groups in total. The number of hydrogen-bond acceptors (Lipinski definition) is 3. The average Bonchev–Trinajstić information content (AvgIpc) is 2.73. The molecule has 1 heterocycles. The van der Waals surface area contributed by atoms with Crippen LogP contribution in [0.15, 0.2) is 24.3 Å². The van der Waals surface area contributed by atoms with Crippen LogP contribution in [-0.4, -0.2) is 36.5 Å². The summed E-state index contributed by atoms with van der Waals surface area (Å²) < 4.78 is 0. The molecule has 112 valence electrons. The van der Waals surface area contributed by atoms with Crippen LogP contribution in [0.4, 0.5) is 5.69 Å². The Kier molecular flexibility index (Phi) is 6.76. The fourth-order valence-electron chi connectivity index (χ4n) is 2.53. The summed E-state index contributed by atoms with van der Waals surface area (Å²) in [5, 5.41) is 3.54. The molecule has 6 heteroatoms. The molecule has 20 heavy (non-hydrogen) atoms. The molecule has 1 aliphatic heterocycles. The van der Waals surface area contributed by atoms with Gasteiger partial charge in [0.2, 0.25) is 5.91 Å². The van der Waals surface area contributed by atoms with E-state index in [1.807, 2.05) is 0 Å². The quantitative estimate of drug-likeness (QED) is 0.896. The zero-order chi connectivity index (χ0) is 13.8. The third-order valence-corrected chi connectivity index (χ3v) is 3.85. The summed E-state index contributed by atoms with van der Waals surface area (Å²) >= 11 is 5.80. The van der Waals surface area contributed by atoms with E-state index in [1.54, 1.807) is 24.3 Å². The first-order chi connectivity index (χ1) is 9.08. The first-order valence-electron chi connectivity index (χ1n) is 6.58. The number of carbonyl (C=O) groups is 1. The van der Waals surface area contributed by atoms with Crippen LogP contribution >= 0.6 is 24.0 Å². The summed E-state index contributed by atoms with van der Waals surface area (Å²) in [5.74, 6) is 0.519. The maximum atomic E-state index is 12.0. The van der Waals surface area contributed by atoms with Crippen LogP contribution in [0.3, 0.4) is 0 Å². The van der Waals surface area contributed by atoms with Crippen LogP contribution in [0.25, 0.3) is 0 Å². The number of anilines is 1. The lowest BCUT2D eigenvalue weighted by atomic mass is 10.1. The SMILES string of the molecule is CC1CC(CN)CN1CC(=O)Nc1ccc(Cl)cc1.Cl. The van der Waals surface area contributed by atoms with Crippen LogP contribution in [0.1, 0.15) is 13.3 Å². The minimum absolute atomic E-state index is 0. The minimum atomic E-state index is 0. The Morgan fingerprint density at radius 3 is 2.65 bits per heavy atom. The normalized spacial score (nSPS) is 22.4. The number of likely N-dealkylation sites (tertiary alicyclic amines) is 1. The van der Waals surface area contributed by atoms with Gasteiger partial charge in [-0.05, 0) is 50.1 Å². The highest BCUT2D eigenvalue weighted by atomic mass is 35.5. The molecule has 0 saturated carbocycles. The Balaban J connectivity index is 0.00000200. The van der Waals surface area contributed by atoms with Crippen molar-refractivity contribution in [1.82, 2.24) is 4.90 Å². The molecule has 1 fully saturated rings. The summed E-state index contributed by atoms with van der Waals surface area (Å²) in [7, 11) is 0. The van der Waals surface area contributed by atoms with E-state index in [0.717, 1.165) is 18.7 Å². The van der Waals surface area contributed by atoms with E-state index >= 15 is 0 Å². The summed E-state index contributed by atoms with van der Waals surface area (Å²) in [6, 6.07) is 7.55. The number of halogens is 2. The molecule has 1 aromatic carbocycles. The van der Waals surface area contributed by atoms with Crippen molar-refractivity contribution in [2.45, 2.75) is 19.4 Å². The second-order valence-corrected chi connectivity index (χ2v) is 5.61. The molecule has 1 amide bonds. The zero-order valence-corrected chi connectivity index (χ0v) is 13.1. The van der Waals surface area contributed by atoms with Gasteiger partial charge < -0.3 is 11.1 Å². The van der Waals surface area contributed by atoms with Crippen molar-refractivity contribution in [3.05, 3.63) is 29.3 Å². The second-order valence-electron chi connectivity index (χ2n) is 5.17. The predicted octanol–water partition coefficient (Wildman–Crippen LogP) is 2.37. The van der Waals surface area contributed by atoms with Crippen molar-refractivity contribution in [3.63, 3.8) is 0 Å². The van der Waals surface area contributed by atoms with Crippen molar-refractivity contribution in [1.29, 1.82) is 0 Å². The van der Waals surface area contributed by atoms with Crippen LogP contribution in [0, 0.1) is 5.92 Å². The van der Waals surface area contributed by atoms with Gasteiger partial charge in [-0.25, -0.2) is 0 Å². The number of rotatable bonds is 4. The van der Waals surface area contributed by atoms with Crippen LogP contribution in [0.2, 0.25) is 5.02 Å². The Hall–Kier alpha value is -0.810. The molecule has 2 rings (SSSR count). The summed E-state index contributed by atoms with van der Waals surface area (Å²) in [6.07, 6.45) is 1.07. The van der Waals surface area contributed by atoms with Crippen LogP contribution in [0.5, 0.6) is 0 Å². The largest absolute Gasteiger partial charge is 0.330 e. The van der Waals surface area contributed by atoms with Gasteiger partial charge in [0, 0.05) is 23.3 Å². The van der Waals surface area contributed by atoms with E-state index in [-0.39, 0.29) is 18.3 Å². The van der Waals surface area contributed by atoms with Crippen LogP contribution < -0.4 is 11.1 Å². The third kappa shape index (κ3) is 4.63. The smallest absolute Gasteiger partial charge is 0.238 e. The van der Waals surface area contributed by atoms with E-state index in [1.165, 1.54) is 0 Å². The lowest BCUT2D eigenvalue weighted by molar-refractivity contribution is -0.117. The van der Waals surface area contributed by atoms with Gasteiger partial charge in [-0.15, -0.1) is 12.4 Å². The molecule has 0 bridgehead atoms. The third-order valence-electron chi connectivity index (χ3n) is 3.60. The lowest BCUT2D eigenvalue weighted by Gasteiger charge is -2.20. The summed E-state index contributed by atoms with van der Waals surface area (Å²) in [4.78, 5) is 14.2. The Labute approximate surface area is 131 Å². The number of nitrogens with one attached hydrogen (secondary N) is 1. The molecule has 0 aliphatic carbocycles. The lowest BCUT2D eigenvalue weighted by Crippen LogP contribution is -2.35. The standard InChI is InChI=1S/C14H20ClN3O.ClH/c1-10-6-11(7-16)8-18(10)9-14(19)17-13-4-2-12(15)3-5-13;/h2-5,10-11H,6-9,16H2,1H3,(H,17,19);1H. The van der Waals surface area contributed by atoms with Gasteiger partial charge in [-0.1, -0.05) is 11.6 Å². The number of amides is 1. The Morgan fingerprint density at radius 2 is 2.10 bits per heavy atom. The number of carbonyl (C=O) groups excluding carboxylic acids is 1. The van der Waals surface area contributed by atoms with Crippen molar-refractivity contribution in [3.8, 4) is 0 Å². The molecule has 0 aromatic heterocycles. The van der Waals surface area contributed by atoms with Gasteiger partial charge in [0.15, 0.2) is 0 Å². The maximum absolute atomic E-state index is 12.0. The molecule has 1 aliphatic rings. The fourth-order valence-corrected chi connectivity index (χ4v) is 2.65. The molecule has 0 radical (unpaired) electrons. The molecule has 0 spiro atoms. The van der Waals surface area contributed by atoms with Gasteiger partial charge in [0.1, 0.15) is 0 Å². The van der Waals surface area contributed by atoms with Gasteiger partial charge in [0.05, 0.1) is 6.54 Å². The first kappa shape index (κ1) is 17.2. The highest BCUT2D eigenvalue weighted by Crippen LogP contribution is 2.21. The summed E-state index contributed by atoms with van der Waals surface area (Å²) in [5.41, 5.74) is 6.46.